The number of rotatable bonds is 1. The second-order valence-electron chi connectivity index (χ2n) is 1.98. The molecule has 0 bridgehead atoms. The standard InChI is InChI=1S/C6H10NO/c1-7-4-3-6(5-7)8-2/h4-5H2,1-2H3. The number of nitrogens with zero attached hydrogens (tertiary/aromatic N) is 1. The molecule has 1 aliphatic rings. The molecule has 0 N–H and O–H groups in total. The summed E-state index contributed by atoms with van der Waals surface area (Å²) in [5, 5.41) is 0. The second-order valence-corrected chi connectivity index (χ2v) is 1.98. The van der Waals surface area contributed by atoms with Crippen LogP contribution in [0.2, 0.25) is 0 Å². The molecule has 0 amide bonds. The largest absolute Gasteiger partial charge is 0.499 e. The van der Waals surface area contributed by atoms with Crippen molar-refractivity contribution in [2.24, 2.45) is 0 Å². The molecule has 0 aromatic carbocycles. The predicted molar refractivity (Wildman–Crippen MR) is 31.3 cm³/mol. The zero-order valence-electron chi connectivity index (χ0n) is 5.27. The van der Waals surface area contributed by atoms with Crippen LogP contribution in [-0.4, -0.2) is 32.1 Å². The third-order valence-corrected chi connectivity index (χ3v) is 1.21. The molecular weight excluding hydrogens is 102 g/mol. The maximum absolute atomic E-state index is 4.95. The molecule has 0 saturated carbocycles. The lowest BCUT2D eigenvalue weighted by Crippen LogP contribution is -2.14. The van der Waals surface area contributed by atoms with E-state index in [2.05, 4.69) is 11.0 Å². The summed E-state index contributed by atoms with van der Waals surface area (Å²) in [5.41, 5.74) is 0. The fourth-order valence-electron chi connectivity index (χ4n) is 0.717. The molecule has 0 aliphatic carbocycles. The van der Waals surface area contributed by atoms with Crippen LogP contribution in [0.25, 0.3) is 0 Å². The van der Waals surface area contributed by atoms with E-state index in [1.165, 1.54) is 0 Å². The molecule has 0 atom stereocenters. The molecule has 0 unspecified atom stereocenters. The fraction of sp³-hybridized carbons (Fsp3) is 0.667. The summed E-state index contributed by atoms with van der Waals surface area (Å²) < 4.78 is 4.95. The van der Waals surface area contributed by atoms with Crippen LogP contribution in [-0.2, 0) is 4.74 Å². The molecule has 2 heteroatoms. The number of hydrogen-bond donors (Lipinski definition) is 0. The first-order valence-electron chi connectivity index (χ1n) is 2.65. The quantitative estimate of drug-likeness (QED) is 0.482. The van der Waals surface area contributed by atoms with Crippen molar-refractivity contribution >= 4 is 0 Å². The zero-order valence-corrected chi connectivity index (χ0v) is 5.27. The molecule has 45 valence electrons. The van der Waals surface area contributed by atoms with Gasteiger partial charge in [0, 0.05) is 12.6 Å². The summed E-state index contributed by atoms with van der Waals surface area (Å²) in [6.45, 7) is 1.82. The van der Waals surface area contributed by atoms with E-state index < -0.39 is 0 Å². The molecule has 0 spiro atoms. The zero-order chi connectivity index (χ0) is 5.98. The molecule has 2 nitrogen and oxygen atoms in total. The summed E-state index contributed by atoms with van der Waals surface area (Å²) >= 11 is 0. The summed E-state index contributed by atoms with van der Waals surface area (Å²) in [6, 6.07) is 0. The lowest BCUT2D eigenvalue weighted by Gasteiger charge is -2.04. The van der Waals surface area contributed by atoms with E-state index in [0.717, 1.165) is 18.8 Å². The highest BCUT2D eigenvalue weighted by Crippen LogP contribution is 2.04. The molecule has 0 aromatic rings. The summed E-state index contributed by atoms with van der Waals surface area (Å²) in [6.07, 6.45) is 3.08. The van der Waals surface area contributed by atoms with Gasteiger partial charge >= 0.3 is 0 Å². The minimum Gasteiger partial charge on any atom is -0.499 e. The van der Waals surface area contributed by atoms with Gasteiger partial charge in [-0.1, -0.05) is 0 Å². The van der Waals surface area contributed by atoms with Crippen LogP contribution in [0.1, 0.15) is 0 Å². The molecule has 1 heterocycles. The summed E-state index contributed by atoms with van der Waals surface area (Å²) in [5.74, 6) is 0.965. The Morgan fingerprint density at radius 2 is 2.50 bits per heavy atom. The van der Waals surface area contributed by atoms with Gasteiger partial charge in [0.1, 0.15) is 5.76 Å². The van der Waals surface area contributed by atoms with Crippen molar-refractivity contribution in [2.75, 3.05) is 27.2 Å². The SMILES string of the molecule is COC1=[C]CN(C)C1. The molecule has 1 radical (unpaired) electrons. The normalized spacial score (nSPS) is 21.0. The van der Waals surface area contributed by atoms with E-state index in [9.17, 15) is 0 Å². The van der Waals surface area contributed by atoms with E-state index in [1.807, 2.05) is 7.05 Å². The van der Waals surface area contributed by atoms with Crippen LogP contribution in [0.4, 0.5) is 0 Å². The highest BCUT2D eigenvalue weighted by atomic mass is 16.5. The van der Waals surface area contributed by atoms with E-state index in [-0.39, 0.29) is 0 Å². The minimum absolute atomic E-state index is 0.906. The lowest BCUT2D eigenvalue weighted by atomic mass is 10.5. The minimum atomic E-state index is 0.906. The average molecular weight is 112 g/mol. The maximum Gasteiger partial charge on any atom is 0.114 e. The fourth-order valence-corrected chi connectivity index (χ4v) is 0.717. The molecule has 0 aromatic heterocycles. The van der Waals surface area contributed by atoms with Gasteiger partial charge in [0.05, 0.1) is 13.7 Å². The summed E-state index contributed by atoms with van der Waals surface area (Å²) in [4.78, 5) is 2.14. The van der Waals surface area contributed by atoms with Crippen molar-refractivity contribution in [1.29, 1.82) is 0 Å². The first kappa shape index (κ1) is 5.63. The Hall–Kier alpha value is -0.500. The number of ether oxygens (including phenoxy) is 1. The number of likely N-dealkylation sites (N-methyl/N-ethyl adjacent to an activating group) is 1. The monoisotopic (exact) mass is 112 g/mol. The molecule has 0 saturated heterocycles. The molecule has 0 fully saturated rings. The van der Waals surface area contributed by atoms with Crippen LogP contribution in [0.15, 0.2) is 5.76 Å². The Balaban J connectivity index is 2.37. The van der Waals surface area contributed by atoms with Crippen molar-refractivity contribution in [2.45, 2.75) is 0 Å². The number of hydrogen-bond acceptors (Lipinski definition) is 2. The number of methoxy groups -OCH3 is 1. The third-order valence-electron chi connectivity index (χ3n) is 1.21. The van der Waals surface area contributed by atoms with Crippen LogP contribution in [0, 0.1) is 6.08 Å². The van der Waals surface area contributed by atoms with Gasteiger partial charge in [-0.25, -0.2) is 0 Å². The van der Waals surface area contributed by atoms with Crippen molar-refractivity contribution in [3.8, 4) is 0 Å². The molecular formula is C6H10NO. The van der Waals surface area contributed by atoms with Gasteiger partial charge < -0.3 is 4.74 Å². The first-order chi connectivity index (χ1) is 3.83. The van der Waals surface area contributed by atoms with E-state index in [4.69, 9.17) is 4.74 Å². The van der Waals surface area contributed by atoms with E-state index >= 15 is 0 Å². The van der Waals surface area contributed by atoms with Gasteiger partial charge in [0.15, 0.2) is 0 Å². The van der Waals surface area contributed by atoms with Crippen molar-refractivity contribution in [3.05, 3.63) is 11.8 Å². The van der Waals surface area contributed by atoms with Crippen molar-refractivity contribution < 1.29 is 4.74 Å². The van der Waals surface area contributed by atoms with Crippen molar-refractivity contribution in [1.82, 2.24) is 4.90 Å². The van der Waals surface area contributed by atoms with Crippen LogP contribution in [0.5, 0.6) is 0 Å². The Morgan fingerprint density at radius 3 is 2.75 bits per heavy atom. The average Bonchev–Trinajstić information content (AvgIpc) is 2.14. The molecule has 1 aliphatic heterocycles. The first-order valence-corrected chi connectivity index (χ1v) is 2.65. The predicted octanol–water partition coefficient (Wildman–Crippen LogP) is 0.265. The second kappa shape index (κ2) is 2.18. The van der Waals surface area contributed by atoms with Gasteiger partial charge in [0.2, 0.25) is 0 Å². The van der Waals surface area contributed by atoms with Crippen molar-refractivity contribution in [3.63, 3.8) is 0 Å². The molecule has 1 rings (SSSR count). The van der Waals surface area contributed by atoms with Crippen LogP contribution in [0.3, 0.4) is 0 Å². The van der Waals surface area contributed by atoms with Gasteiger partial charge in [0.25, 0.3) is 0 Å². The Labute approximate surface area is 49.7 Å². The highest BCUT2D eigenvalue weighted by molar-refractivity contribution is 4.97. The van der Waals surface area contributed by atoms with Gasteiger partial charge in [-0.2, -0.15) is 0 Å². The van der Waals surface area contributed by atoms with Gasteiger partial charge in [-0.05, 0) is 7.05 Å². The lowest BCUT2D eigenvalue weighted by molar-refractivity contribution is 0.264. The maximum atomic E-state index is 4.95. The Morgan fingerprint density at radius 1 is 1.75 bits per heavy atom. The van der Waals surface area contributed by atoms with Crippen LogP contribution < -0.4 is 0 Å². The van der Waals surface area contributed by atoms with E-state index in [0.29, 0.717) is 0 Å². The Bertz CT molecular complexity index is 109. The Kier molecular flexibility index (Phi) is 1.53. The van der Waals surface area contributed by atoms with Gasteiger partial charge in [-0.3, -0.25) is 4.90 Å². The third kappa shape index (κ3) is 1.01. The van der Waals surface area contributed by atoms with Gasteiger partial charge in [-0.15, -0.1) is 0 Å². The van der Waals surface area contributed by atoms with Crippen LogP contribution >= 0.6 is 0 Å². The smallest absolute Gasteiger partial charge is 0.114 e. The van der Waals surface area contributed by atoms with E-state index in [1.54, 1.807) is 7.11 Å². The highest BCUT2D eigenvalue weighted by Gasteiger charge is 2.08. The summed E-state index contributed by atoms with van der Waals surface area (Å²) in [7, 11) is 3.72. The topological polar surface area (TPSA) is 12.5 Å². The molecule has 8 heavy (non-hydrogen) atoms.